The highest BCUT2D eigenvalue weighted by Gasteiger charge is 2.09. The molecule has 7 heteroatoms. The minimum absolute atomic E-state index is 0.131. The highest BCUT2D eigenvalue weighted by Crippen LogP contribution is 2.06. The zero-order chi connectivity index (χ0) is 12.8. The molecule has 1 heterocycles. The molecule has 18 heavy (non-hydrogen) atoms. The van der Waals surface area contributed by atoms with Gasteiger partial charge in [-0.3, -0.25) is 0 Å². The van der Waals surface area contributed by atoms with Crippen molar-refractivity contribution >= 4 is 12.1 Å². The van der Waals surface area contributed by atoms with Gasteiger partial charge in [-0.15, -0.1) is 0 Å². The first kappa shape index (κ1) is 11.6. The number of nitrogens with one attached hydrogen (secondary N) is 1. The monoisotopic (exact) mass is 244 g/mol. The van der Waals surface area contributed by atoms with Crippen molar-refractivity contribution in [1.82, 2.24) is 10.2 Å². The van der Waals surface area contributed by atoms with Crippen molar-refractivity contribution in [3.63, 3.8) is 0 Å². The Kier molecular flexibility index (Phi) is 3.51. The number of aromatic nitrogens is 2. The van der Waals surface area contributed by atoms with Crippen molar-refractivity contribution in [3.05, 3.63) is 41.8 Å². The molecule has 2 aromatic rings. The van der Waals surface area contributed by atoms with Crippen LogP contribution < -0.4 is 5.32 Å². The zero-order valence-corrected chi connectivity index (χ0v) is 9.16. The summed E-state index contributed by atoms with van der Waals surface area (Å²) >= 11 is 0. The van der Waals surface area contributed by atoms with Gasteiger partial charge in [0.2, 0.25) is 0 Å². The number of carbonyl (C=O) groups is 1. The van der Waals surface area contributed by atoms with E-state index in [2.05, 4.69) is 15.5 Å². The van der Waals surface area contributed by atoms with Gasteiger partial charge < -0.3 is 9.15 Å². The molecule has 0 unspecified atom stereocenters. The fraction of sp³-hybridized carbons (Fsp3) is 0.0909. The molecule has 1 amide bonds. The molecular formula is C11H8N4O3. The zero-order valence-electron chi connectivity index (χ0n) is 9.16. The average molecular weight is 244 g/mol. The predicted octanol–water partition coefficient (Wildman–Crippen LogP) is 1.69. The van der Waals surface area contributed by atoms with Crippen LogP contribution >= 0.6 is 0 Å². The molecule has 0 saturated carbocycles. The summed E-state index contributed by atoms with van der Waals surface area (Å²) in [5, 5.41) is 17.5. The first-order valence-electron chi connectivity index (χ1n) is 4.99. The third-order valence-electron chi connectivity index (χ3n) is 1.94. The molecule has 1 N–H and O–H groups in total. The lowest BCUT2D eigenvalue weighted by Crippen LogP contribution is -2.13. The maximum Gasteiger partial charge on any atom is 0.415 e. The van der Waals surface area contributed by atoms with Gasteiger partial charge in [0, 0.05) is 0 Å². The number of hydrogen-bond acceptors (Lipinski definition) is 6. The fourth-order valence-corrected chi connectivity index (χ4v) is 1.17. The number of carbonyl (C=O) groups excluding carboxylic acids is 1. The van der Waals surface area contributed by atoms with Crippen LogP contribution in [0.5, 0.6) is 0 Å². The van der Waals surface area contributed by atoms with E-state index in [-0.39, 0.29) is 18.5 Å². The van der Waals surface area contributed by atoms with Crippen LogP contribution in [0.4, 0.5) is 10.8 Å². The largest absolute Gasteiger partial charge is 0.444 e. The smallest absolute Gasteiger partial charge is 0.415 e. The van der Waals surface area contributed by atoms with Crippen molar-refractivity contribution in [2.45, 2.75) is 6.61 Å². The first-order chi connectivity index (χ1) is 8.78. The van der Waals surface area contributed by atoms with Crippen LogP contribution in [0.2, 0.25) is 0 Å². The second-order valence-corrected chi connectivity index (χ2v) is 3.21. The predicted molar refractivity (Wildman–Crippen MR) is 59.3 cm³/mol. The van der Waals surface area contributed by atoms with E-state index >= 15 is 0 Å². The Morgan fingerprint density at radius 1 is 1.39 bits per heavy atom. The van der Waals surface area contributed by atoms with E-state index in [9.17, 15) is 4.79 Å². The molecule has 1 aromatic heterocycles. The van der Waals surface area contributed by atoms with Crippen molar-refractivity contribution in [3.8, 4) is 6.07 Å². The molecule has 0 bridgehead atoms. The first-order valence-corrected chi connectivity index (χ1v) is 4.99. The number of rotatable bonds is 3. The van der Waals surface area contributed by atoms with Gasteiger partial charge in [-0.2, -0.15) is 5.26 Å². The second kappa shape index (κ2) is 5.45. The van der Waals surface area contributed by atoms with Gasteiger partial charge >= 0.3 is 18.0 Å². The van der Waals surface area contributed by atoms with Crippen LogP contribution in [0.3, 0.4) is 0 Å². The lowest BCUT2D eigenvalue weighted by Gasteiger charge is -2.03. The van der Waals surface area contributed by atoms with Gasteiger partial charge in [0.15, 0.2) is 6.07 Å². The molecule has 0 spiro atoms. The second-order valence-electron chi connectivity index (χ2n) is 3.21. The Hall–Kier alpha value is -2.88. The molecule has 7 nitrogen and oxygen atoms in total. The molecule has 0 aliphatic rings. The van der Waals surface area contributed by atoms with E-state index in [0.717, 1.165) is 5.56 Å². The topological polar surface area (TPSA) is 101 Å². The lowest BCUT2D eigenvalue weighted by molar-refractivity contribution is 0.154. The molecule has 1 aromatic carbocycles. The standard InChI is InChI=1S/C11H8N4O3/c12-6-9-14-15-10(18-9)13-11(16)17-7-8-4-2-1-3-5-8/h1-5H,7H2,(H,13,15,16). The van der Waals surface area contributed by atoms with Crippen LogP contribution in [-0.4, -0.2) is 16.3 Å². The normalized spacial score (nSPS) is 9.50. The number of anilines is 1. The lowest BCUT2D eigenvalue weighted by atomic mass is 10.2. The van der Waals surface area contributed by atoms with E-state index in [1.807, 2.05) is 30.3 Å². The highest BCUT2D eigenvalue weighted by molar-refractivity contribution is 5.81. The van der Waals surface area contributed by atoms with Crippen LogP contribution in [0.15, 0.2) is 34.7 Å². The molecule has 0 aliphatic carbocycles. The van der Waals surface area contributed by atoms with Crippen LogP contribution in [0.1, 0.15) is 11.5 Å². The summed E-state index contributed by atoms with van der Waals surface area (Å²) < 4.78 is 9.67. The number of nitriles is 1. The molecule has 90 valence electrons. The van der Waals surface area contributed by atoms with Crippen molar-refractivity contribution in [1.29, 1.82) is 5.26 Å². The van der Waals surface area contributed by atoms with Crippen molar-refractivity contribution in [2.75, 3.05) is 5.32 Å². The van der Waals surface area contributed by atoms with Gasteiger partial charge in [0.25, 0.3) is 0 Å². The van der Waals surface area contributed by atoms with Gasteiger partial charge in [-0.05, 0) is 5.56 Å². The molecule has 0 atom stereocenters. The molecule has 0 fully saturated rings. The number of benzene rings is 1. The molecule has 0 radical (unpaired) electrons. The van der Waals surface area contributed by atoms with Gasteiger partial charge in [0.05, 0.1) is 0 Å². The molecule has 2 rings (SSSR count). The Morgan fingerprint density at radius 3 is 2.83 bits per heavy atom. The van der Waals surface area contributed by atoms with Crippen LogP contribution in [0, 0.1) is 11.3 Å². The van der Waals surface area contributed by atoms with Crippen molar-refractivity contribution in [2.24, 2.45) is 0 Å². The Bertz CT molecular complexity index is 573. The maximum atomic E-state index is 11.3. The average Bonchev–Trinajstić information content (AvgIpc) is 2.85. The summed E-state index contributed by atoms with van der Waals surface area (Å²) in [6.45, 7) is 0.131. The van der Waals surface area contributed by atoms with Gasteiger partial charge in [-0.25, -0.2) is 10.1 Å². The van der Waals surface area contributed by atoms with Crippen molar-refractivity contribution < 1.29 is 13.9 Å². The summed E-state index contributed by atoms with van der Waals surface area (Å²) in [6.07, 6.45) is -0.730. The quantitative estimate of drug-likeness (QED) is 0.881. The Labute approximate surface area is 102 Å². The molecular weight excluding hydrogens is 236 g/mol. The maximum absolute atomic E-state index is 11.3. The van der Waals surface area contributed by atoms with Gasteiger partial charge in [-0.1, -0.05) is 40.5 Å². The minimum Gasteiger partial charge on any atom is -0.444 e. The number of nitrogens with zero attached hydrogens (tertiary/aromatic N) is 3. The van der Waals surface area contributed by atoms with E-state index in [0.29, 0.717) is 0 Å². The number of hydrogen-bond donors (Lipinski definition) is 1. The SMILES string of the molecule is N#Cc1nnc(NC(=O)OCc2ccccc2)o1. The summed E-state index contributed by atoms with van der Waals surface area (Å²) in [5.74, 6) is -0.228. The summed E-state index contributed by atoms with van der Waals surface area (Å²) in [7, 11) is 0. The fourth-order valence-electron chi connectivity index (χ4n) is 1.17. The highest BCUT2D eigenvalue weighted by atomic mass is 16.6. The summed E-state index contributed by atoms with van der Waals surface area (Å²) in [6, 6.07) is 10.7. The van der Waals surface area contributed by atoms with Gasteiger partial charge in [0.1, 0.15) is 6.61 Å². The Balaban J connectivity index is 1.84. The molecule has 0 aliphatic heterocycles. The van der Waals surface area contributed by atoms with E-state index in [4.69, 9.17) is 14.4 Å². The van der Waals surface area contributed by atoms with E-state index < -0.39 is 6.09 Å². The number of amides is 1. The van der Waals surface area contributed by atoms with Crippen LogP contribution in [-0.2, 0) is 11.3 Å². The minimum atomic E-state index is -0.730. The third kappa shape index (κ3) is 3.05. The third-order valence-corrected chi connectivity index (χ3v) is 1.94. The summed E-state index contributed by atoms with van der Waals surface area (Å²) in [5.41, 5.74) is 0.857. The van der Waals surface area contributed by atoms with Crippen LogP contribution in [0.25, 0.3) is 0 Å². The van der Waals surface area contributed by atoms with E-state index in [1.54, 1.807) is 6.07 Å². The number of ether oxygens (including phenoxy) is 1. The Morgan fingerprint density at radius 2 is 2.17 bits per heavy atom. The molecule has 0 saturated heterocycles. The van der Waals surface area contributed by atoms with E-state index in [1.165, 1.54) is 0 Å². The summed E-state index contributed by atoms with van der Waals surface area (Å²) in [4.78, 5) is 11.3.